The number of nitrogens with one attached hydrogen (secondary N) is 2. The summed E-state index contributed by atoms with van der Waals surface area (Å²) in [7, 11) is 5.86. The zero-order valence-electron chi connectivity index (χ0n) is 17.7. The van der Waals surface area contributed by atoms with E-state index < -0.39 is 0 Å². The minimum atomic E-state index is 0. The summed E-state index contributed by atoms with van der Waals surface area (Å²) < 4.78 is 11.3. The van der Waals surface area contributed by atoms with E-state index >= 15 is 0 Å². The molecule has 0 aliphatic rings. The molecule has 27 heavy (non-hydrogen) atoms. The maximum absolute atomic E-state index is 5.84. The summed E-state index contributed by atoms with van der Waals surface area (Å²) >= 11 is 0. The van der Waals surface area contributed by atoms with E-state index in [2.05, 4.69) is 55.6 Å². The Kier molecular flexibility index (Phi) is 14.3. The van der Waals surface area contributed by atoms with Gasteiger partial charge in [-0.15, -0.1) is 24.0 Å². The Morgan fingerprint density at radius 2 is 1.96 bits per heavy atom. The largest absolute Gasteiger partial charge is 0.496 e. The van der Waals surface area contributed by atoms with Crippen LogP contribution in [0.25, 0.3) is 0 Å². The smallest absolute Gasteiger partial charge is 0.191 e. The number of benzene rings is 1. The summed E-state index contributed by atoms with van der Waals surface area (Å²) in [5.74, 6) is 1.67. The first-order valence-electron chi connectivity index (χ1n) is 9.42. The van der Waals surface area contributed by atoms with Crippen LogP contribution >= 0.6 is 24.0 Å². The average Bonchev–Trinajstić information content (AvgIpc) is 2.62. The van der Waals surface area contributed by atoms with Gasteiger partial charge in [0.2, 0.25) is 0 Å². The molecule has 0 aliphatic heterocycles. The summed E-state index contributed by atoms with van der Waals surface area (Å²) in [5, 5.41) is 6.70. The Hall–Kier alpha value is -1.06. The van der Waals surface area contributed by atoms with E-state index in [1.807, 2.05) is 13.0 Å². The molecule has 0 aromatic heterocycles. The van der Waals surface area contributed by atoms with Crippen LogP contribution in [0.2, 0.25) is 0 Å². The molecule has 0 radical (unpaired) electrons. The molecule has 1 atom stereocenters. The lowest BCUT2D eigenvalue weighted by Crippen LogP contribution is -2.42. The fourth-order valence-corrected chi connectivity index (χ4v) is 2.58. The van der Waals surface area contributed by atoms with Crippen molar-refractivity contribution in [3.8, 4) is 5.75 Å². The summed E-state index contributed by atoms with van der Waals surface area (Å²) in [6.45, 7) is 9.99. The van der Waals surface area contributed by atoms with Gasteiger partial charge in [0.15, 0.2) is 5.96 Å². The Bertz CT molecular complexity index is 553. The van der Waals surface area contributed by atoms with Gasteiger partial charge in [0.25, 0.3) is 0 Å². The van der Waals surface area contributed by atoms with E-state index in [4.69, 9.17) is 14.5 Å². The van der Waals surface area contributed by atoms with Gasteiger partial charge in [-0.1, -0.05) is 12.1 Å². The van der Waals surface area contributed by atoms with E-state index in [1.54, 1.807) is 7.11 Å². The van der Waals surface area contributed by atoms with Gasteiger partial charge in [0.05, 0.1) is 19.8 Å². The highest BCUT2D eigenvalue weighted by molar-refractivity contribution is 14.0. The number of hydrogen-bond donors (Lipinski definition) is 2. The normalized spacial score (nSPS) is 12.5. The van der Waals surface area contributed by atoms with Crippen molar-refractivity contribution in [2.24, 2.45) is 4.99 Å². The van der Waals surface area contributed by atoms with Gasteiger partial charge in [-0.3, -0.25) is 0 Å². The molecule has 0 spiro atoms. The van der Waals surface area contributed by atoms with Crippen molar-refractivity contribution in [2.75, 3.05) is 47.4 Å². The molecule has 1 aromatic rings. The lowest BCUT2D eigenvalue weighted by Gasteiger charge is -2.21. The lowest BCUT2D eigenvalue weighted by molar-refractivity contribution is 0.0548. The fraction of sp³-hybridized carbons (Fsp3) is 0.650. The number of aryl methyl sites for hydroxylation is 1. The number of halogens is 1. The summed E-state index contributed by atoms with van der Waals surface area (Å²) in [4.78, 5) is 6.87. The predicted octanol–water partition coefficient (Wildman–Crippen LogP) is 3.03. The highest BCUT2D eigenvalue weighted by Gasteiger charge is 2.10. The van der Waals surface area contributed by atoms with E-state index in [1.165, 1.54) is 5.56 Å². The van der Waals surface area contributed by atoms with Crippen LogP contribution < -0.4 is 15.4 Å². The second-order valence-electron chi connectivity index (χ2n) is 6.56. The third-order valence-electron chi connectivity index (χ3n) is 3.99. The van der Waals surface area contributed by atoms with Gasteiger partial charge in [-0.25, -0.2) is 4.99 Å². The third-order valence-corrected chi connectivity index (χ3v) is 3.99. The molecule has 0 saturated heterocycles. The first-order chi connectivity index (χ1) is 12.5. The van der Waals surface area contributed by atoms with E-state index in [0.717, 1.165) is 43.3 Å². The number of methoxy groups -OCH3 is 1. The molecule has 1 unspecified atom stereocenters. The molecule has 0 heterocycles. The number of rotatable bonds is 11. The number of guanidine groups is 1. The first kappa shape index (κ1) is 25.9. The average molecular weight is 492 g/mol. The monoisotopic (exact) mass is 492 g/mol. The molecule has 1 aromatic carbocycles. The maximum atomic E-state index is 5.84. The van der Waals surface area contributed by atoms with Crippen LogP contribution in [0.4, 0.5) is 0 Å². The van der Waals surface area contributed by atoms with Gasteiger partial charge in [0.1, 0.15) is 5.75 Å². The summed E-state index contributed by atoms with van der Waals surface area (Å²) in [6, 6.07) is 6.19. The van der Waals surface area contributed by atoms with Crippen molar-refractivity contribution < 1.29 is 9.47 Å². The molecule has 7 heteroatoms. The van der Waals surface area contributed by atoms with E-state index in [-0.39, 0.29) is 30.1 Å². The van der Waals surface area contributed by atoms with Crippen LogP contribution in [0.3, 0.4) is 0 Å². The van der Waals surface area contributed by atoms with Gasteiger partial charge >= 0.3 is 0 Å². The molecular formula is C20H37IN4O2. The highest BCUT2D eigenvalue weighted by atomic mass is 127. The lowest BCUT2D eigenvalue weighted by atomic mass is 10.1. The van der Waals surface area contributed by atoms with Crippen molar-refractivity contribution in [3.63, 3.8) is 0 Å². The second-order valence-corrected chi connectivity index (χ2v) is 6.56. The second kappa shape index (κ2) is 14.9. The fourth-order valence-electron chi connectivity index (χ4n) is 2.58. The molecule has 0 saturated carbocycles. The number of ether oxygens (including phenoxy) is 2. The molecule has 0 bridgehead atoms. The van der Waals surface area contributed by atoms with Crippen LogP contribution in [-0.2, 0) is 11.3 Å². The minimum absolute atomic E-state index is 0. The van der Waals surface area contributed by atoms with Crippen molar-refractivity contribution in [1.29, 1.82) is 0 Å². The van der Waals surface area contributed by atoms with Gasteiger partial charge in [0, 0.05) is 31.8 Å². The number of nitrogens with zero attached hydrogens (tertiary/aromatic N) is 2. The quantitative estimate of drug-likeness (QED) is 0.283. The van der Waals surface area contributed by atoms with Crippen LogP contribution in [0.1, 0.15) is 31.4 Å². The minimum Gasteiger partial charge on any atom is -0.496 e. The van der Waals surface area contributed by atoms with Crippen molar-refractivity contribution in [1.82, 2.24) is 15.5 Å². The van der Waals surface area contributed by atoms with Crippen LogP contribution in [-0.4, -0.2) is 64.4 Å². The standard InChI is InChI=1S/C20H36N4O2.HI/c1-7-21-20(23-15-18(26-8-2)11-12-24(4)5)22-14-17-10-9-16(3)13-19(17)25-6;/h9-10,13,18H,7-8,11-12,14-15H2,1-6H3,(H2,21,22,23);1H. The van der Waals surface area contributed by atoms with Gasteiger partial charge < -0.3 is 25.0 Å². The van der Waals surface area contributed by atoms with Gasteiger partial charge in [-0.05, 0) is 52.9 Å². The maximum Gasteiger partial charge on any atom is 0.191 e. The Morgan fingerprint density at radius 3 is 2.56 bits per heavy atom. The van der Waals surface area contributed by atoms with Crippen LogP contribution in [0, 0.1) is 6.92 Å². The summed E-state index contributed by atoms with van der Waals surface area (Å²) in [6.07, 6.45) is 1.15. The molecular weight excluding hydrogens is 455 g/mol. The van der Waals surface area contributed by atoms with Crippen molar-refractivity contribution in [2.45, 2.75) is 39.8 Å². The van der Waals surface area contributed by atoms with Crippen LogP contribution in [0.5, 0.6) is 5.75 Å². The molecule has 2 N–H and O–H groups in total. The third kappa shape index (κ3) is 10.8. The van der Waals surface area contributed by atoms with E-state index in [0.29, 0.717) is 13.2 Å². The molecule has 6 nitrogen and oxygen atoms in total. The summed E-state index contributed by atoms with van der Waals surface area (Å²) in [5.41, 5.74) is 2.25. The number of hydrogen-bond acceptors (Lipinski definition) is 4. The topological polar surface area (TPSA) is 58.1 Å². The highest BCUT2D eigenvalue weighted by Crippen LogP contribution is 2.20. The number of aliphatic imine (C=N–C) groups is 1. The molecule has 0 fully saturated rings. The zero-order chi connectivity index (χ0) is 19.4. The molecule has 0 amide bonds. The van der Waals surface area contributed by atoms with Crippen molar-refractivity contribution in [3.05, 3.63) is 29.3 Å². The van der Waals surface area contributed by atoms with E-state index in [9.17, 15) is 0 Å². The molecule has 156 valence electrons. The Labute approximate surface area is 182 Å². The Morgan fingerprint density at radius 1 is 1.22 bits per heavy atom. The molecule has 0 aliphatic carbocycles. The zero-order valence-corrected chi connectivity index (χ0v) is 20.0. The van der Waals surface area contributed by atoms with Crippen molar-refractivity contribution >= 4 is 29.9 Å². The Balaban J connectivity index is 0.00000676. The van der Waals surface area contributed by atoms with Gasteiger partial charge in [-0.2, -0.15) is 0 Å². The van der Waals surface area contributed by atoms with Crippen LogP contribution in [0.15, 0.2) is 23.2 Å². The molecule has 1 rings (SSSR count). The first-order valence-corrected chi connectivity index (χ1v) is 9.42. The predicted molar refractivity (Wildman–Crippen MR) is 125 cm³/mol. The SMILES string of the molecule is CCNC(=NCc1ccc(C)cc1OC)NCC(CCN(C)C)OCC.I.